The average Bonchev–Trinajstić information content (AvgIpc) is 3.15. The van der Waals surface area contributed by atoms with Crippen LogP contribution in [0, 0.1) is 0 Å². The SMILES string of the molecule is O=C(O)C(F)(F)F.O=C(O)c1ncn2nc(NCCC3=CCCCC3)sc12. The van der Waals surface area contributed by atoms with Gasteiger partial charge in [0.05, 0.1) is 0 Å². The van der Waals surface area contributed by atoms with Gasteiger partial charge in [0.25, 0.3) is 0 Å². The monoisotopic (exact) mass is 406 g/mol. The fourth-order valence-corrected chi connectivity index (χ4v) is 3.29. The lowest BCUT2D eigenvalue weighted by Crippen LogP contribution is -2.21. The normalized spacial score (nSPS) is 14.3. The summed E-state index contributed by atoms with van der Waals surface area (Å²) in [7, 11) is 0. The summed E-state index contributed by atoms with van der Waals surface area (Å²) in [6.45, 7) is 0.832. The molecule has 0 bridgehead atoms. The number of allylic oxidation sites excluding steroid dienone is 1. The Kier molecular flexibility index (Phi) is 6.77. The van der Waals surface area contributed by atoms with Crippen molar-refractivity contribution in [1.82, 2.24) is 14.6 Å². The fourth-order valence-electron chi connectivity index (χ4n) is 2.38. The lowest BCUT2D eigenvalue weighted by atomic mass is 9.97. The second-order valence-corrected chi connectivity index (χ2v) is 6.62. The van der Waals surface area contributed by atoms with Crippen LogP contribution in [0.5, 0.6) is 0 Å². The second kappa shape index (κ2) is 8.84. The van der Waals surface area contributed by atoms with E-state index in [0.29, 0.717) is 4.83 Å². The van der Waals surface area contributed by atoms with Crippen molar-refractivity contribution in [3.05, 3.63) is 23.7 Å². The highest BCUT2D eigenvalue weighted by Crippen LogP contribution is 2.24. The van der Waals surface area contributed by atoms with Crippen LogP contribution in [0.1, 0.15) is 42.6 Å². The smallest absolute Gasteiger partial charge is 0.476 e. The molecule has 27 heavy (non-hydrogen) atoms. The largest absolute Gasteiger partial charge is 0.490 e. The molecule has 0 spiro atoms. The Balaban J connectivity index is 0.000000321. The summed E-state index contributed by atoms with van der Waals surface area (Å²) >= 11 is 1.32. The van der Waals surface area contributed by atoms with E-state index < -0.39 is 18.1 Å². The zero-order chi connectivity index (χ0) is 20.0. The molecule has 3 rings (SSSR count). The van der Waals surface area contributed by atoms with Gasteiger partial charge in [-0.2, -0.15) is 13.2 Å². The van der Waals surface area contributed by atoms with E-state index in [2.05, 4.69) is 21.5 Å². The van der Waals surface area contributed by atoms with Gasteiger partial charge in [0.1, 0.15) is 6.33 Å². The number of aromatic nitrogens is 3. The highest BCUT2D eigenvalue weighted by molar-refractivity contribution is 7.21. The lowest BCUT2D eigenvalue weighted by Gasteiger charge is -2.12. The van der Waals surface area contributed by atoms with Gasteiger partial charge in [-0.15, -0.1) is 5.10 Å². The first-order valence-corrected chi connectivity index (χ1v) is 8.79. The van der Waals surface area contributed by atoms with Gasteiger partial charge in [-0.3, -0.25) is 0 Å². The molecule has 0 aromatic carbocycles. The van der Waals surface area contributed by atoms with Crippen LogP contribution < -0.4 is 5.32 Å². The van der Waals surface area contributed by atoms with Gasteiger partial charge in [-0.25, -0.2) is 19.1 Å². The minimum absolute atomic E-state index is 0.0607. The Bertz CT molecular complexity index is 844. The number of hydrogen-bond donors (Lipinski definition) is 3. The van der Waals surface area contributed by atoms with Gasteiger partial charge >= 0.3 is 18.1 Å². The summed E-state index contributed by atoms with van der Waals surface area (Å²) in [5.74, 6) is -3.78. The number of carboxylic acids is 2. The number of aromatic carboxylic acids is 1. The number of imidazole rings is 1. The first kappa shape index (κ1) is 20.7. The molecule has 0 saturated carbocycles. The fraction of sp³-hybridized carbons (Fsp3) is 0.467. The molecule has 148 valence electrons. The first-order chi connectivity index (χ1) is 12.7. The van der Waals surface area contributed by atoms with Crippen LogP contribution in [0.2, 0.25) is 0 Å². The molecule has 2 aromatic rings. The van der Waals surface area contributed by atoms with Crippen molar-refractivity contribution in [1.29, 1.82) is 0 Å². The number of nitrogens with one attached hydrogen (secondary N) is 1. The third-order valence-corrected chi connectivity index (χ3v) is 4.64. The number of alkyl halides is 3. The summed E-state index contributed by atoms with van der Waals surface area (Å²) in [6, 6.07) is 0. The molecule has 1 aliphatic carbocycles. The van der Waals surface area contributed by atoms with E-state index in [-0.39, 0.29) is 5.69 Å². The molecule has 0 unspecified atom stereocenters. The lowest BCUT2D eigenvalue weighted by molar-refractivity contribution is -0.192. The number of fused-ring (bicyclic) bond motifs is 1. The molecule has 0 fully saturated rings. The summed E-state index contributed by atoms with van der Waals surface area (Å²) in [5.41, 5.74) is 1.57. The molecular weight excluding hydrogens is 389 g/mol. The molecule has 2 heterocycles. The van der Waals surface area contributed by atoms with Crippen molar-refractivity contribution in [2.24, 2.45) is 0 Å². The topological polar surface area (TPSA) is 117 Å². The van der Waals surface area contributed by atoms with E-state index in [1.807, 2.05) is 0 Å². The van der Waals surface area contributed by atoms with Crippen molar-refractivity contribution in [2.75, 3.05) is 11.9 Å². The van der Waals surface area contributed by atoms with E-state index in [9.17, 15) is 18.0 Å². The number of carboxylic acid groups (broad SMARTS) is 2. The predicted molar refractivity (Wildman–Crippen MR) is 91.2 cm³/mol. The number of hydrogen-bond acceptors (Lipinski definition) is 6. The third kappa shape index (κ3) is 5.94. The van der Waals surface area contributed by atoms with Crippen LogP contribution in [0.4, 0.5) is 18.3 Å². The van der Waals surface area contributed by atoms with Crippen LogP contribution in [0.3, 0.4) is 0 Å². The van der Waals surface area contributed by atoms with Gasteiger partial charge in [0, 0.05) is 6.54 Å². The maximum absolute atomic E-state index is 11.0. The van der Waals surface area contributed by atoms with Crippen LogP contribution in [0.25, 0.3) is 4.83 Å². The molecule has 2 aromatic heterocycles. The Labute approximate surface area is 155 Å². The van der Waals surface area contributed by atoms with E-state index in [1.54, 1.807) is 0 Å². The molecule has 0 radical (unpaired) electrons. The number of anilines is 1. The maximum atomic E-state index is 11.0. The number of carbonyl (C=O) groups is 2. The number of rotatable bonds is 5. The van der Waals surface area contributed by atoms with Crippen LogP contribution >= 0.6 is 11.3 Å². The molecule has 0 amide bonds. The van der Waals surface area contributed by atoms with Crippen molar-refractivity contribution in [3.63, 3.8) is 0 Å². The van der Waals surface area contributed by atoms with Gasteiger partial charge in [0.15, 0.2) is 10.5 Å². The van der Waals surface area contributed by atoms with E-state index in [0.717, 1.165) is 18.1 Å². The zero-order valence-electron chi connectivity index (χ0n) is 14.0. The van der Waals surface area contributed by atoms with E-state index in [4.69, 9.17) is 15.0 Å². The van der Waals surface area contributed by atoms with E-state index >= 15 is 0 Å². The number of halogens is 3. The van der Waals surface area contributed by atoms with Crippen molar-refractivity contribution in [3.8, 4) is 0 Å². The average molecular weight is 406 g/mol. The van der Waals surface area contributed by atoms with Crippen LogP contribution in [-0.2, 0) is 4.79 Å². The van der Waals surface area contributed by atoms with Crippen LogP contribution in [-0.4, -0.2) is 49.5 Å². The molecule has 0 atom stereocenters. The molecule has 3 N–H and O–H groups in total. The molecule has 8 nitrogen and oxygen atoms in total. The van der Waals surface area contributed by atoms with Crippen molar-refractivity contribution in [2.45, 2.75) is 38.3 Å². The van der Waals surface area contributed by atoms with Crippen molar-refractivity contribution >= 4 is 33.2 Å². The van der Waals surface area contributed by atoms with Gasteiger partial charge < -0.3 is 15.5 Å². The highest BCUT2D eigenvalue weighted by Gasteiger charge is 2.38. The van der Waals surface area contributed by atoms with E-state index in [1.165, 1.54) is 53.4 Å². The Hall–Kier alpha value is -2.63. The molecule has 12 heteroatoms. The van der Waals surface area contributed by atoms with Gasteiger partial charge in [-0.1, -0.05) is 23.0 Å². The summed E-state index contributed by atoms with van der Waals surface area (Å²) < 4.78 is 33.2. The minimum Gasteiger partial charge on any atom is -0.476 e. The molecular formula is C15H17F3N4O4S. The number of nitrogens with zero attached hydrogens (tertiary/aromatic N) is 3. The second-order valence-electron chi connectivity index (χ2n) is 5.64. The van der Waals surface area contributed by atoms with Crippen molar-refractivity contribution < 1.29 is 33.0 Å². The standard InChI is InChI=1S/C13H16N4O2S.C2HF3O2/c18-12(19)10-11-17(8-15-10)16-13(20-11)14-7-6-9-4-2-1-3-5-9;3-2(4,5)1(6)7/h4,8H,1-3,5-7H2,(H,14,16)(H,18,19);(H,6,7). The summed E-state index contributed by atoms with van der Waals surface area (Å²) in [5, 5.41) is 24.4. The van der Waals surface area contributed by atoms with Gasteiger partial charge in [-0.05, 0) is 32.1 Å². The van der Waals surface area contributed by atoms with Gasteiger partial charge in [0.2, 0.25) is 5.13 Å². The minimum atomic E-state index is -5.08. The number of aliphatic carboxylic acids is 1. The molecule has 1 aliphatic rings. The predicted octanol–water partition coefficient (Wildman–Crippen LogP) is 3.42. The Morgan fingerprint density at radius 1 is 1.30 bits per heavy atom. The summed E-state index contributed by atoms with van der Waals surface area (Å²) in [6.07, 6.45) is 4.71. The molecule has 0 aliphatic heterocycles. The molecule has 0 saturated heterocycles. The Morgan fingerprint density at radius 3 is 2.56 bits per heavy atom. The Morgan fingerprint density at radius 2 is 2.00 bits per heavy atom. The summed E-state index contributed by atoms with van der Waals surface area (Å²) in [4.78, 5) is 24.3. The highest BCUT2D eigenvalue weighted by atomic mass is 32.1. The quantitative estimate of drug-likeness (QED) is 0.651. The maximum Gasteiger partial charge on any atom is 0.490 e. The third-order valence-electron chi connectivity index (χ3n) is 3.65. The van der Waals surface area contributed by atoms with Crippen LogP contribution in [0.15, 0.2) is 18.0 Å². The first-order valence-electron chi connectivity index (χ1n) is 7.98. The zero-order valence-corrected chi connectivity index (χ0v) is 14.8.